The van der Waals surface area contributed by atoms with Crippen molar-refractivity contribution < 1.29 is 9.90 Å². The molecule has 0 bridgehead atoms. The molecule has 0 unspecified atom stereocenters. The van der Waals surface area contributed by atoms with Gasteiger partial charge in [-0.3, -0.25) is 0 Å². The molecular weight excluding hydrogens is 152 g/mol. The van der Waals surface area contributed by atoms with Crippen LogP contribution >= 0.6 is 0 Å². The third-order valence-corrected chi connectivity index (χ3v) is 1.14. The van der Waals surface area contributed by atoms with Crippen LogP contribution in [0.5, 0.6) is 0 Å². The molecule has 66 valence electrons. The van der Waals surface area contributed by atoms with Crippen molar-refractivity contribution in [2.24, 2.45) is 0 Å². The molecule has 0 radical (unpaired) electrons. The van der Waals surface area contributed by atoms with Gasteiger partial charge in [0.1, 0.15) is 0 Å². The van der Waals surface area contributed by atoms with Crippen LogP contribution in [0.1, 0.15) is 20.8 Å². The lowest BCUT2D eigenvalue weighted by Gasteiger charge is -1.87. The molecule has 0 saturated heterocycles. The van der Waals surface area contributed by atoms with E-state index in [1.165, 1.54) is 11.6 Å². The maximum Gasteiger partial charge on any atom is 0.328 e. The molecule has 0 aromatic carbocycles. The lowest BCUT2D eigenvalue weighted by molar-refractivity contribution is -0.131. The fourth-order valence-corrected chi connectivity index (χ4v) is 0.635. The number of hydrogen-bond donors (Lipinski definition) is 1. The van der Waals surface area contributed by atoms with Crippen molar-refractivity contribution in [3.05, 3.63) is 35.5 Å². The molecule has 0 aromatic heterocycles. The van der Waals surface area contributed by atoms with Gasteiger partial charge in [0.2, 0.25) is 0 Å². The minimum atomic E-state index is -0.908. The van der Waals surface area contributed by atoms with Crippen LogP contribution in [0.25, 0.3) is 0 Å². The molecule has 0 atom stereocenters. The molecular formula is C10H14O2. The number of rotatable bonds is 3. The Bertz CT molecular complexity index is 241. The molecule has 0 spiro atoms. The third kappa shape index (κ3) is 6.81. The highest BCUT2D eigenvalue weighted by molar-refractivity contribution is 5.81. The van der Waals surface area contributed by atoms with Gasteiger partial charge in [-0.15, -0.1) is 0 Å². The van der Waals surface area contributed by atoms with Gasteiger partial charge < -0.3 is 5.11 Å². The maximum atomic E-state index is 10.2. The quantitative estimate of drug-likeness (QED) is 0.516. The molecule has 12 heavy (non-hydrogen) atoms. The van der Waals surface area contributed by atoms with Crippen molar-refractivity contribution in [3.8, 4) is 0 Å². The number of allylic oxidation sites excluding steroid dienone is 5. The van der Waals surface area contributed by atoms with E-state index in [2.05, 4.69) is 0 Å². The van der Waals surface area contributed by atoms with Crippen LogP contribution < -0.4 is 0 Å². The highest BCUT2D eigenvalue weighted by Gasteiger charge is 1.87. The van der Waals surface area contributed by atoms with E-state index in [-0.39, 0.29) is 0 Å². The minimum absolute atomic E-state index is 0.736. The molecule has 0 heterocycles. The molecule has 0 fully saturated rings. The van der Waals surface area contributed by atoms with E-state index >= 15 is 0 Å². The fourth-order valence-electron chi connectivity index (χ4n) is 0.635. The van der Waals surface area contributed by atoms with E-state index in [4.69, 9.17) is 5.11 Å². The minimum Gasteiger partial charge on any atom is -0.478 e. The number of carboxylic acids is 1. The maximum absolute atomic E-state index is 10.2. The van der Waals surface area contributed by atoms with E-state index in [0.717, 1.165) is 5.57 Å². The fraction of sp³-hybridized carbons (Fsp3) is 0.300. The number of carbonyl (C=O) groups is 1. The van der Waals surface area contributed by atoms with Gasteiger partial charge in [0.15, 0.2) is 0 Å². The Labute approximate surface area is 72.9 Å². The first-order chi connectivity index (χ1) is 5.52. The summed E-state index contributed by atoms with van der Waals surface area (Å²) in [6.07, 6.45) is 6.71. The molecule has 0 aliphatic carbocycles. The zero-order valence-corrected chi connectivity index (χ0v) is 7.66. The average molecular weight is 166 g/mol. The highest BCUT2D eigenvalue weighted by Crippen LogP contribution is 1.96. The molecule has 0 rings (SSSR count). The summed E-state index contributed by atoms with van der Waals surface area (Å²) < 4.78 is 0. The van der Waals surface area contributed by atoms with Crippen LogP contribution in [0.3, 0.4) is 0 Å². The summed E-state index contributed by atoms with van der Waals surface area (Å²) in [5, 5.41) is 8.37. The van der Waals surface area contributed by atoms with E-state index in [1.54, 1.807) is 13.0 Å². The standard InChI is InChI=1S/C10H14O2/c1-8(2)5-4-6-9(3)7-10(11)12/h4-7H,1-3H3,(H,11,12). The second-order valence-electron chi connectivity index (χ2n) is 2.83. The summed E-state index contributed by atoms with van der Waals surface area (Å²) in [5.74, 6) is -0.908. The SMILES string of the molecule is CC(C)=CC=CC(C)=CC(=O)O. The summed E-state index contributed by atoms with van der Waals surface area (Å²) in [5.41, 5.74) is 1.93. The lowest BCUT2D eigenvalue weighted by atomic mass is 10.2. The van der Waals surface area contributed by atoms with Crippen molar-refractivity contribution in [2.45, 2.75) is 20.8 Å². The Morgan fingerprint density at radius 3 is 2.25 bits per heavy atom. The number of aliphatic carboxylic acids is 1. The zero-order chi connectivity index (χ0) is 9.56. The van der Waals surface area contributed by atoms with Crippen LogP contribution in [0.4, 0.5) is 0 Å². The first-order valence-corrected chi connectivity index (χ1v) is 3.75. The summed E-state index contributed by atoms with van der Waals surface area (Å²) >= 11 is 0. The van der Waals surface area contributed by atoms with E-state index < -0.39 is 5.97 Å². The second kappa shape index (κ2) is 5.35. The predicted octanol–water partition coefficient (Wildman–Crippen LogP) is 2.54. The number of carboxylic acid groups (broad SMARTS) is 1. The van der Waals surface area contributed by atoms with E-state index in [0.29, 0.717) is 0 Å². The van der Waals surface area contributed by atoms with Gasteiger partial charge in [0.25, 0.3) is 0 Å². The van der Waals surface area contributed by atoms with Gasteiger partial charge in [-0.05, 0) is 26.3 Å². The van der Waals surface area contributed by atoms with Gasteiger partial charge in [0.05, 0.1) is 0 Å². The van der Waals surface area contributed by atoms with Crippen LogP contribution in [0.2, 0.25) is 0 Å². The van der Waals surface area contributed by atoms with Crippen LogP contribution in [0.15, 0.2) is 35.5 Å². The van der Waals surface area contributed by atoms with Gasteiger partial charge >= 0.3 is 5.97 Å². The second-order valence-corrected chi connectivity index (χ2v) is 2.83. The summed E-state index contributed by atoms with van der Waals surface area (Å²) in [4.78, 5) is 10.2. The van der Waals surface area contributed by atoms with E-state index in [1.807, 2.05) is 26.0 Å². The van der Waals surface area contributed by atoms with Gasteiger partial charge in [-0.2, -0.15) is 0 Å². The monoisotopic (exact) mass is 166 g/mol. The lowest BCUT2D eigenvalue weighted by Crippen LogP contribution is -1.87. The molecule has 2 heteroatoms. The van der Waals surface area contributed by atoms with Crippen LogP contribution in [-0.4, -0.2) is 11.1 Å². The van der Waals surface area contributed by atoms with Crippen molar-refractivity contribution >= 4 is 5.97 Å². The average Bonchev–Trinajstić information content (AvgIpc) is 1.84. The Morgan fingerprint density at radius 1 is 1.25 bits per heavy atom. The van der Waals surface area contributed by atoms with Gasteiger partial charge in [-0.25, -0.2) is 4.79 Å². The topological polar surface area (TPSA) is 37.3 Å². The van der Waals surface area contributed by atoms with Crippen molar-refractivity contribution in [1.29, 1.82) is 0 Å². The zero-order valence-electron chi connectivity index (χ0n) is 7.66. The van der Waals surface area contributed by atoms with Crippen molar-refractivity contribution in [1.82, 2.24) is 0 Å². The Kier molecular flexibility index (Phi) is 4.77. The van der Waals surface area contributed by atoms with E-state index in [9.17, 15) is 4.79 Å². The summed E-state index contributed by atoms with van der Waals surface area (Å²) in [7, 11) is 0. The molecule has 0 saturated carbocycles. The molecule has 0 aliphatic rings. The Hall–Kier alpha value is -1.31. The van der Waals surface area contributed by atoms with Crippen LogP contribution in [0, 0.1) is 0 Å². The molecule has 0 aromatic rings. The third-order valence-electron chi connectivity index (χ3n) is 1.14. The first kappa shape index (κ1) is 10.7. The highest BCUT2D eigenvalue weighted by atomic mass is 16.4. The molecule has 0 amide bonds. The van der Waals surface area contributed by atoms with Crippen molar-refractivity contribution in [3.63, 3.8) is 0 Å². The normalized spacial score (nSPS) is 11.8. The molecule has 2 nitrogen and oxygen atoms in total. The summed E-state index contributed by atoms with van der Waals surface area (Å²) in [6.45, 7) is 5.73. The Morgan fingerprint density at radius 2 is 1.83 bits per heavy atom. The molecule has 0 aliphatic heterocycles. The molecule has 1 N–H and O–H groups in total. The Balaban J connectivity index is 4.18. The summed E-state index contributed by atoms with van der Waals surface area (Å²) in [6, 6.07) is 0. The van der Waals surface area contributed by atoms with Crippen LogP contribution in [-0.2, 0) is 4.79 Å². The first-order valence-electron chi connectivity index (χ1n) is 3.75. The van der Waals surface area contributed by atoms with Gasteiger partial charge in [0, 0.05) is 6.08 Å². The smallest absolute Gasteiger partial charge is 0.328 e. The number of hydrogen-bond acceptors (Lipinski definition) is 1. The predicted molar refractivity (Wildman–Crippen MR) is 50.0 cm³/mol. The largest absolute Gasteiger partial charge is 0.478 e. The van der Waals surface area contributed by atoms with Crippen molar-refractivity contribution in [2.75, 3.05) is 0 Å². The van der Waals surface area contributed by atoms with Gasteiger partial charge in [-0.1, -0.05) is 23.8 Å².